The highest BCUT2D eigenvalue weighted by molar-refractivity contribution is 5.89. The van der Waals surface area contributed by atoms with E-state index in [0.717, 1.165) is 16.8 Å². The van der Waals surface area contributed by atoms with Crippen LogP contribution in [0.4, 0.5) is 0 Å². The Kier molecular flexibility index (Phi) is 3.53. The van der Waals surface area contributed by atoms with E-state index in [0.29, 0.717) is 5.75 Å². The lowest BCUT2D eigenvalue weighted by molar-refractivity contribution is -0.100. The molecule has 0 saturated carbocycles. The number of benzene rings is 3. The van der Waals surface area contributed by atoms with Crippen LogP contribution < -0.4 is 9.78 Å². The molecule has 0 unspecified atom stereocenters. The first-order valence-electron chi connectivity index (χ1n) is 6.54. The smallest absolute Gasteiger partial charge is 0.335 e. The summed E-state index contributed by atoms with van der Waals surface area (Å²) in [7, 11) is 0. The summed E-state index contributed by atoms with van der Waals surface area (Å²) in [4.78, 5) is 21.2. The minimum atomic E-state index is -1.13. The zero-order chi connectivity index (χ0) is 15.5. The number of carboxylic acid groups (broad SMARTS) is 1. The summed E-state index contributed by atoms with van der Waals surface area (Å²) in [6.07, 6.45) is 0. The predicted molar refractivity (Wildman–Crippen MR) is 80.3 cm³/mol. The molecule has 0 aromatic heterocycles. The van der Waals surface area contributed by atoms with Crippen molar-refractivity contribution in [2.45, 2.75) is 0 Å². The fraction of sp³-hybridized carbons (Fsp3) is 0. The number of aromatic carboxylic acids is 1. The van der Waals surface area contributed by atoms with Crippen LogP contribution in [0.25, 0.3) is 10.8 Å². The van der Waals surface area contributed by atoms with E-state index < -0.39 is 5.97 Å². The Bertz CT molecular complexity index is 836. The third-order valence-electron chi connectivity index (χ3n) is 3.18. The molecular weight excluding hydrogens is 284 g/mol. The molecular formula is C17H12O5. The highest BCUT2D eigenvalue weighted by Crippen LogP contribution is 2.30. The Morgan fingerprint density at radius 2 is 1.59 bits per heavy atom. The summed E-state index contributed by atoms with van der Waals surface area (Å²) in [5, 5.41) is 20.5. The molecule has 3 aromatic rings. The maximum absolute atomic E-state index is 10.8. The van der Waals surface area contributed by atoms with Crippen LogP contribution in [0.15, 0.2) is 60.7 Å². The van der Waals surface area contributed by atoms with Crippen LogP contribution in [0, 0.1) is 0 Å². The lowest BCUT2D eigenvalue weighted by Gasteiger charge is -2.09. The summed E-state index contributed by atoms with van der Waals surface area (Å²) >= 11 is 0. The molecule has 0 spiro atoms. The molecule has 0 radical (unpaired) electrons. The maximum atomic E-state index is 10.8. The van der Waals surface area contributed by atoms with Crippen molar-refractivity contribution in [2.24, 2.45) is 0 Å². The maximum Gasteiger partial charge on any atom is 0.335 e. The van der Waals surface area contributed by atoms with E-state index in [1.165, 1.54) is 12.1 Å². The molecule has 0 bridgehead atoms. The second-order valence-electron chi connectivity index (χ2n) is 4.63. The largest absolute Gasteiger partial charge is 0.504 e. The number of fused-ring (bicyclic) bond motifs is 1. The molecule has 0 aliphatic heterocycles. The normalized spacial score (nSPS) is 10.4. The van der Waals surface area contributed by atoms with Crippen molar-refractivity contribution in [1.82, 2.24) is 0 Å². The second kappa shape index (κ2) is 5.65. The molecule has 0 amide bonds. The summed E-state index contributed by atoms with van der Waals surface area (Å²) in [6.45, 7) is 0. The van der Waals surface area contributed by atoms with Crippen molar-refractivity contribution in [1.29, 1.82) is 0 Å². The number of hydrogen-bond donors (Lipinski definition) is 2. The van der Waals surface area contributed by atoms with Crippen molar-refractivity contribution in [3.05, 3.63) is 66.2 Å². The van der Waals surface area contributed by atoms with E-state index >= 15 is 0 Å². The first-order chi connectivity index (χ1) is 10.6. The van der Waals surface area contributed by atoms with Gasteiger partial charge >= 0.3 is 5.97 Å². The standard InChI is InChI=1S/C17H12O5/c18-14-10-12(17(19)20)8-9-16(14)22-21-15-7-3-5-11-4-1-2-6-13(11)15/h1-10,18H,(H,19,20). The quantitative estimate of drug-likeness (QED) is 0.568. The Hall–Kier alpha value is -3.21. The van der Waals surface area contributed by atoms with E-state index in [4.69, 9.17) is 14.9 Å². The third kappa shape index (κ3) is 2.64. The Morgan fingerprint density at radius 1 is 0.864 bits per heavy atom. The molecule has 2 N–H and O–H groups in total. The topological polar surface area (TPSA) is 76.0 Å². The number of carbonyl (C=O) groups is 1. The molecule has 0 aliphatic rings. The summed E-state index contributed by atoms with van der Waals surface area (Å²) in [5.41, 5.74) is -0.0324. The van der Waals surface area contributed by atoms with E-state index in [1.807, 2.05) is 36.4 Å². The Balaban J connectivity index is 1.84. The number of rotatable bonds is 4. The van der Waals surface area contributed by atoms with Gasteiger partial charge in [-0.3, -0.25) is 9.78 Å². The number of phenols is 1. The van der Waals surface area contributed by atoms with E-state index in [-0.39, 0.29) is 17.1 Å². The molecule has 110 valence electrons. The van der Waals surface area contributed by atoms with Gasteiger partial charge in [0.2, 0.25) is 5.75 Å². The Morgan fingerprint density at radius 3 is 2.36 bits per heavy atom. The molecule has 0 saturated heterocycles. The fourth-order valence-electron chi connectivity index (χ4n) is 2.08. The minimum Gasteiger partial charge on any atom is -0.504 e. The molecule has 0 atom stereocenters. The van der Waals surface area contributed by atoms with Crippen molar-refractivity contribution in [3.8, 4) is 17.2 Å². The van der Waals surface area contributed by atoms with Crippen LogP contribution in [-0.2, 0) is 0 Å². The van der Waals surface area contributed by atoms with Crippen molar-refractivity contribution < 1.29 is 24.8 Å². The minimum absolute atomic E-state index is 0.0324. The number of phenolic OH excluding ortho intramolecular Hbond substituents is 1. The lowest BCUT2D eigenvalue weighted by Crippen LogP contribution is -2.02. The predicted octanol–water partition coefficient (Wildman–Crippen LogP) is 3.62. The van der Waals surface area contributed by atoms with Gasteiger partial charge in [0.25, 0.3) is 0 Å². The van der Waals surface area contributed by atoms with Crippen molar-refractivity contribution in [2.75, 3.05) is 0 Å². The van der Waals surface area contributed by atoms with Crippen molar-refractivity contribution >= 4 is 16.7 Å². The van der Waals surface area contributed by atoms with Crippen LogP contribution in [-0.4, -0.2) is 16.2 Å². The number of aromatic hydroxyl groups is 1. The van der Waals surface area contributed by atoms with Gasteiger partial charge in [-0.1, -0.05) is 36.4 Å². The van der Waals surface area contributed by atoms with Gasteiger partial charge in [-0.15, -0.1) is 0 Å². The van der Waals surface area contributed by atoms with Gasteiger partial charge in [-0.25, -0.2) is 4.79 Å². The average molecular weight is 296 g/mol. The SMILES string of the molecule is O=C(O)c1ccc(OOc2cccc3ccccc23)c(O)c1. The molecule has 22 heavy (non-hydrogen) atoms. The molecule has 0 aliphatic carbocycles. The zero-order valence-corrected chi connectivity index (χ0v) is 11.4. The first kappa shape index (κ1) is 13.8. The Labute approximate surface area is 125 Å². The first-order valence-corrected chi connectivity index (χ1v) is 6.54. The lowest BCUT2D eigenvalue weighted by atomic mass is 10.1. The van der Waals surface area contributed by atoms with E-state index in [1.54, 1.807) is 6.07 Å². The molecule has 3 rings (SSSR count). The number of hydrogen-bond acceptors (Lipinski definition) is 4. The van der Waals surface area contributed by atoms with Crippen LogP contribution in [0.1, 0.15) is 10.4 Å². The van der Waals surface area contributed by atoms with Crippen LogP contribution in [0.2, 0.25) is 0 Å². The van der Waals surface area contributed by atoms with Gasteiger partial charge in [-0.2, -0.15) is 0 Å². The highest BCUT2D eigenvalue weighted by Gasteiger charge is 2.10. The molecule has 5 nitrogen and oxygen atoms in total. The molecule has 3 aromatic carbocycles. The van der Waals surface area contributed by atoms with Gasteiger partial charge in [0.15, 0.2) is 11.5 Å². The summed E-state index contributed by atoms with van der Waals surface area (Å²) in [6, 6.07) is 16.9. The van der Waals surface area contributed by atoms with Gasteiger partial charge in [0, 0.05) is 5.39 Å². The summed E-state index contributed by atoms with van der Waals surface area (Å²) < 4.78 is 0. The van der Waals surface area contributed by atoms with Gasteiger partial charge < -0.3 is 10.2 Å². The van der Waals surface area contributed by atoms with Gasteiger partial charge in [0.1, 0.15) is 0 Å². The van der Waals surface area contributed by atoms with Gasteiger partial charge in [-0.05, 0) is 29.7 Å². The molecule has 0 fully saturated rings. The number of carboxylic acids is 1. The fourth-order valence-corrected chi connectivity index (χ4v) is 2.08. The third-order valence-corrected chi connectivity index (χ3v) is 3.18. The molecule has 5 heteroatoms. The van der Waals surface area contributed by atoms with Crippen molar-refractivity contribution in [3.63, 3.8) is 0 Å². The monoisotopic (exact) mass is 296 g/mol. The average Bonchev–Trinajstić information content (AvgIpc) is 2.53. The van der Waals surface area contributed by atoms with Crippen LogP contribution >= 0.6 is 0 Å². The second-order valence-corrected chi connectivity index (χ2v) is 4.63. The van der Waals surface area contributed by atoms with Crippen LogP contribution in [0.5, 0.6) is 17.2 Å². The van der Waals surface area contributed by atoms with E-state index in [9.17, 15) is 9.90 Å². The zero-order valence-electron chi connectivity index (χ0n) is 11.4. The molecule has 0 heterocycles. The van der Waals surface area contributed by atoms with E-state index in [2.05, 4.69) is 0 Å². The van der Waals surface area contributed by atoms with Gasteiger partial charge in [0.05, 0.1) is 5.56 Å². The summed E-state index contributed by atoms with van der Waals surface area (Å²) in [5.74, 6) is -0.894. The van der Waals surface area contributed by atoms with Crippen LogP contribution in [0.3, 0.4) is 0 Å². The highest BCUT2D eigenvalue weighted by atomic mass is 17.2.